The number of carboxylic acid groups (broad SMARTS) is 1. The zero-order valence-corrected chi connectivity index (χ0v) is 10.1. The standard InChI is InChI=1S/C10H10BrNO5/c11-5-1-2-6(7(13)3-5)9(15)12-4-8(14)10(16)17/h1-3,8,13-14H,4H2,(H,12,15)(H,16,17). The van der Waals surface area contributed by atoms with Gasteiger partial charge in [0, 0.05) is 4.47 Å². The number of hydrogen-bond donors (Lipinski definition) is 4. The van der Waals surface area contributed by atoms with Gasteiger partial charge in [-0.1, -0.05) is 15.9 Å². The fourth-order valence-electron chi connectivity index (χ4n) is 1.07. The quantitative estimate of drug-likeness (QED) is 0.641. The first-order valence-corrected chi connectivity index (χ1v) is 5.38. The molecule has 0 spiro atoms. The fourth-order valence-corrected chi connectivity index (χ4v) is 1.42. The number of aliphatic hydroxyl groups is 1. The average molecular weight is 304 g/mol. The topological polar surface area (TPSA) is 107 Å². The molecule has 1 aromatic carbocycles. The van der Waals surface area contributed by atoms with Crippen LogP contribution in [0.15, 0.2) is 22.7 Å². The molecule has 92 valence electrons. The zero-order valence-electron chi connectivity index (χ0n) is 8.55. The number of aliphatic hydroxyl groups excluding tert-OH is 1. The van der Waals surface area contributed by atoms with Crippen molar-refractivity contribution in [2.24, 2.45) is 0 Å². The molecule has 0 aromatic heterocycles. The Morgan fingerprint density at radius 2 is 2.06 bits per heavy atom. The average Bonchev–Trinajstić information content (AvgIpc) is 2.25. The van der Waals surface area contributed by atoms with E-state index in [1.165, 1.54) is 12.1 Å². The molecule has 0 bridgehead atoms. The summed E-state index contributed by atoms with van der Waals surface area (Å²) in [6, 6.07) is 4.27. The van der Waals surface area contributed by atoms with Crippen molar-refractivity contribution in [3.8, 4) is 5.75 Å². The van der Waals surface area contributed by atoms with E-state index >= 15 is 0 Å². The lowest BCUT2D eigenvalue weighted by molar-refractivity contribution is -0.146. The van der Waals surface area contributed by atoms with Crippen LogP contribution in [-0.4, -0.2) is 39.8 Å². The molecule has 1 amide bonds. The molecule has 1 aromatic rings. The van der Waals surface area contributed by atoms with Crippen molar-refractivity contribution in [2.75, 3.05) is 6.54 Å². The number of carbonyl (C=O) groups is 2. The number of carbonyl (C=O) groups excluding carboxylic acids is 1. The van der Waals surface area contributed by atoms with Crippen LogP contribution in [0.3, 0.4) is 0 Å². The van der Waals surface area contributed by atoms with E-state index in [-0.39, 0.29) is 11.3 Å². The molecule has 0 radical (unpaired) electrons. The Balaban J connectivity index is 2.67. The van der Waals surface area contributed by atoms with E-state index in [4.69, 9.17) is 10.2 Å². The summed E-state index contributed by atoms with van der Waals surface area (Å²) in [5.74, 6) is -2.32. The van der Waals surface area contributed by atoms with E-state index in [2.05, 4.69) is 21.2 Å². The predicted molar refractivity (Wildman–Crippen MR) is 61.8 cm³/mol. The number of nitrogens with one attached hydrogen (secondary N) is 1. The van der Waals surface area contributed by atoms with Gasteiger partial charge in [0.1, 0.15) is 5.75 Å². The molecule has 7 heteroatoms. The zero-order chi connectivity index (χ0) is 13.0. The summed E-state index contributed by atoms with van der Waals surface area (Å²) in [4.78, 5) is 21.8. The first-order chi connectivity index (χ1) is 7.91. The number of benzene rings is 1. The maximum atomic E-state index is 11.5. The van der Waals surface area contributed by atoms with Crippen molar-refractivity contribution in [3.05, 3.63) is 28.2 Å². The van der Waals surface area contributed by atoms with Crippen LogP contribution < -0.4 is 5.32 Å². The molecule has 0 fully saturated rings. The molecular weight excluding hydrogens is 294 g/mol. The number of carboxylic acids is 1. The molecule has 0 aliphatic carbocycles. The minimum atomic E-state index is -1.67. The monoisotopic (exact) mass is 303 g/mol. The SMILES string of the molecule is O=C(NCC(O)C(=O)O)c1ccc(Br)cc1O. The first kappa shape index (κ1) is 13.5. The largest absolute Gasteiger partial charge is 0.507 e. The van der Waals surface area contributed by atoms with Crippen molar-refractivity contribution in [2.45, 2.75) is 6.10 Å². The Morgan fingerprint density at radius 1 is 1.41 bits per heavy atom. The fraction of sp³-hybridized carbons (Fsp3) is 0.200. The first-order valence-electron chi connectivity index (χ1n) is 4.59. The highest BCUT2D eigenvalue weighted by atomic mass is 79.9. The summed E-state index contributed by atoms with van der Waals surface area (Å²) in [5.41, 5.74) is 0.00536. The third-order valence-corrected chi connectivity index (χ3v) is 2.44. The second-order valence-corrected chi connectivity index (χ2v) is 4.14. The number of halogens is 1. The van der Waals surface area contributed by atoms with Crippen LogP contribution in [0.4, 0.5) is 0 Å². The number of amides is 1. The highest BCUT2D eigenvalue weighted by molar-refractivity contribution is 9.10. The predicted octanol–water partition coefficient (Wildman–Crippen LogP) is 0.330. The molecule has 0 aliphatic rings. The van der Waals surface area contributed by atoms with Crippen molar-refractivity contribution in [1.29, 1.82) is 0 Å². The number of phenols is 1. The highest BCUT2D eigenvalue weighted by Crippen LogP contribution is 2.21. The number of phenolic OH excluding ortho intramolecular Hbond substituents is 1. The summed E-state index contributed by atoms with van der Waals surface area (Å²) >= 11 is 3.12. The van der Waals surface area contributed by atoms with Gasteiger partial charge in [-0.05, 0) is 18.2 Å². The van der Waals surface area contributed by atoms with Gasteiger partial charge >= 0.3 is 5.97 Å². The van der Waals surface area contributed by atoms with Gasteiger partial charge < -0.3 is 20.6 Å². The molecule has 0 saturated carbocycles. The Labute approximate surface area is 105 Å². The number of aliphatic carboxylic acids is 1. The molecule has 4 N–H and O–H groups in total. The summed E-state index contributed by atoms with van der Waals surface area (Å²) in [7, 11) is 0. The van der Waals surface area contributed by atoms with E-state index in [1.807, 2.05) is 0 Å². The van der Waals surface area contributed by atoms with Crippen LogP contribution in [0, 0.1) is 0 Å². The number of hydrogen-bond acceptors (Lipinski definition) is 4. The van der Waals surface area contributed by atoms with E-state index in [1.54, 1.807) is 6.07 Å². The molecule has 0 saturated heterocycles. The molecule has 0 heterocycles. The van der Waals surface area contributed by atoms with Gasteiger partial charge in [-0.2, -0.15) is 0 Å². The van der Waals surface area contributed by atoms with Crippen LogP contribution in [0.5, 0.6) is 5.75 Å². The summed E-state index contributed by atoms with van der Waals surface area (Å²) in [5, 5.41) is 29.0. The summed E-state index contributed by atoms with van der Waals surface area (Å²) < 4.78 is 0.608. The molecule has 6 nitrogen and oxygen atoms in total. The molecule has 1 unspecified atom stereocenters. The maximum absolute atomic E-state index is 11.5. The normalized spacial score (nSPS) is 11.9. The minimum Gasteiger partial charge on any atom is -0.507 e. The van der Waals surface area contributed by atoms with Crippen LogP contribution in [0.25, 0.3) is 0 Å². The lowest BCUT2D eigenvalue weighted by Gasteiger charge is -2.08. The van der Waals surface area contributed by atoms with Gasteiger partial charge in [-0.25, -0.2) is 4.79 Å². The molecule has 1 rings (SSSR count). The molecular formula is C10H10BrNO5. The van der Waals surface area contributed by atoms with Crippen molar-refractivity contribution in [1.82, 2.24) is 5.32 Å². The van der Waals surface area contributed by atoms with Crippen LogP contribution in [0.1, 0.15) is 10.4 Å². The van der Waals surface area contributed by atoms with E-state index in [0.29, 0.717) is 4.47 Å². The molecule has 1 atom stereocenters. The Hall–Kier alpha value is -1.60. The van der Waals surface area contributed by atoms with Crippen molar-refractivity contribution >= 4 is 27.8 Å². The lowest BCUT2D eigenvalue weighted by Crippen LogP contribution is -2.36. The van der Waals surface area contributed by atoms with Gasteiger partial charge in [0.2, 0.25) is 0 Å². The summed E-state index contributed by atoms with van der Waals surface area (Å²) in [6.07, 6.45) is -1.67. The van der Waals surface area contributed by atoms with Crippen molar-refractivity contribution in [3.63, 3.8) is 0 Å². The van der Waals surface area contributed by atoms with Gasteiger partial charge in [0.25, 0.3) is 5.91 Å². The van der Waals surface area contributed by atoms with Crippen molar-refractivity contribution < 1.29 is 24.9 Å². The third-order valence-electron chi connectivity index (χ3n) is 1.95. The minimum absolute atomic E-state index is 0.00536. The molecule has 0 aliphatic heterocycles. The smallest absolute Gasteiger partial charge is 0.334 e. The Morgan fingerprint density at radius 3 is 2.59 bits per heavy atom. The molecule has 17 heavy (non-hydrogen) atoms. The summed E-state index contributed by atoms with van der Waals surface area (Å²) in [6.45, 7) is -0.427. The number of rotatable bonds is 4. The number of aromatic hydroxyl groups is 1. The second kappa shape index (κ2) is 5.65. The van der Waals surface area contributed by atoms with E-state index in [0.717, 1.165) is 0 Å². The van der Waals surface area contributed by atoms with Gasteiger partial charge in [0.15, 0.2) is 6.10 Å². The highest BCUT2D eigenvalue weighted by Gasteiger charge is 2.16. The van der Waals surface area contributed by atoms with Gasteiger partial charge in [-0.3, -0.25) is 4.79 Å². The van der Waals surface area contributed by atoms with E-state index in [9.17, 15) is 14.7 Å². The Bertz CT molecular complexity index is 448. The van der Waals surface area contributed by atoms with Gasteiger partial charge in [0.05, 0.1) is 12.1 Å². The van der Waals surface area contributed by atoms with Crippen LogP contribution in [-0.2, 0) is 4.79 Å². The maximum Gasteiger partial charge on any atom is 0.334 e. The second-order valence-electron chi connectivity index (χ2n) is 3.23. The third kappa shape index (κ3) is 3.72. The lowest BCUT2D eigenvalue weighted by atomic mass is 10.2. The Kier molecular flexibility index (Phi) is 4.47. The van der Waals surface area contributed by atoms with Gasteiger partial charge in [-0.15, -0.1) is 0 Å². The van der Waals surface area contributed by atoms with Crippen LogP contribution >= 0.6 is 15.9 Å². The van der Waals surface area contributed by atoms with Crippen LogP contribution in [0.2, 0.25) is 0 Å². The van der Waals surface area contributed by atoms with E-state index < -0.39 is 24.5 Å².